The maximum Gasteiger partial charge on any atom is 0.227 e. The minimum atomic E-state index is -0.319. The van der Waals surface area contributed by atoms with E-state index in [9.17, 15) is 4.79 Å². The fourth-order valence-electron chi connectivity index (χ4n) is 2.28. The van der Waals surface area contributed by atoms with Gasteiger partial charge in [0.15, 0.2) is 0 Å². The van der Waals surface area contributed by atoms with Crippen molar-refractivity contribution < 1.29 is 9.32 Å². The first-order chi connectivity index (χ1) is 9.99. The van der Waals surface area contributed by atoms with Crippen LogP contribution in [0.4, 0.5) is 0 Å². The zero-order valence-electron chi connectivity index (χ0n) is 13.0. The predicted molar refractivity (Wildman–Crippen MR) is 87.5 cm³/mol. The predicted octanol–water partition coefficient (Wildman–Crippen LogP) is 2.70. The summed E-state index contributed by atoms with van der Waals surface area (Å²) in [6.45, 7) is 4.10. The normalized spacial score (nSPS) is 13.1. The first-order valence-electron chi connectivity index (χ1n) is 6.96. The van der Waals surface area contributed by atoms with E-state index < -0.39 is 0 Å². The van der Waals surface area contributed by atoms with Crippen molar-refractivity contribution in [1.82, 2.24) is 10.1 Å². The van der Waals surface area contributed by atoms with Crippen molar-refractivity contribution >= 4 is 18.3 Å². The number of aryl methyl sites for hydroxylation is 1. The van der Waals surface area contributed by atoms with E-state index >= 15 is 0 Å². The first-order valence-corrected chi connectivity index (χ1v) is 6.96. The van der Waals surface area contributed by atoms with Gasteiger partial charge in [-0.25, -0.2) is 0 Å². The van der Waals surface area contributed by atoms with Crippen LogP contribution in [0.5, 0.6) is 0 Å². The van der Waals surface area contributed by atoms with Crippen molar-refractivity contribution in [2.24, 2.45) is 11.7 Å². The molecule has 2 atom stereocenters. The number of carbonyl (C=O) groups excluding carboxylic acids is 1. The average molecular weight is 324 g/mol. The van der Waals surface area contributed by atoms with Gasteiger partial charge in [0.2, 0.25) is 5.91 Å². The summed E-state index contributed by atoms with van der Waals surface area (Å²) < 4.78 is 5.01. The fourth-order valence-corrected chi connectivity index (χ4v) is 2.28. The molecule has 5 nitrogen and oxygen atoms in total. The van der Waals surface area contributed by atoms with E-state index in [2.05, 4.69) is 5.16 Å². The molecule has 6 heteroatoms. The third kappa shape index (κ3) is 4.32. The Morgan fingerprint density at radius 3 is 2.55 bits per heavy atom. The Bertz CT molecular complexity index is 600. The van der Waals surface area contributed by atoms with Crippen LogP contribution in [0.15, 0.2) is 40.9 Å². The van der Waals surface area contributed by atoms with Gasteiger partial charge in [-0.15, -0.1) is 12.4 Å². The van der Waals surface area contributed by atoms with E-state index in [4.69, 9.17) is 10.3 Å². The number of hydrogen-bond donors (Lipinski definition) is 1. The summed E-state index contributed by atoms with van der Waals surface area (Å²) in [5.41, 5.74) is 7.89. The zero-order valence-corrected chi connectivity index (χ0v) is 13.8. The van der Waals surface area contributed by atoms with Gasteiger partial charge in [0.05, 0.1) is 12.5 Å². The molecular weight excluding hydrogens is 302 g/mol. The quantitative estimate of drug-likeness (QED) is 0.918. The lowest BCUT2D eigenvalue weighted by atomic mass is 9.94. The molecule has 2 N–H and O–H groups in total. The Kier molecular flexibility index (Phi) is 6.59. The van der Waals surface area contributed by atoms with Gasteiger partial charge in [0.1, 0.15) is 11.5 Å². The van der Waals surface area contributed by atoms with E-state index in [0.29, 0.717) is 6.54 Å². The number of nitrogens with zero attached hydrogens (tertiary/aromatic N) is 2. The second kappa shape index (κ2) is 7.96. The van der Waals surface area contributed by atoms with Gasteiger partial charge in [-0.1, -0.05) is 42.4 Å². The Morgan fingerprint density at radius 2 is 2.00 bits per heavy atom. The molecule has 0 saturated heterocycles. The molecule has 1 amide bonds. The SMILES string of the molecule is Cc1cc(CN(C)C(=O)C(C)C(N)c2ccccc2)no1.Cl. The molecule has 0 aliphatic carbocycles. The molecule has 0 aliphatic rings. The summed E-state index contributed by atoms with van der Waals surface area (Å²) in [4.78, 5) is 14.1. The number of hydrogen-bond acceptors (Lipinski definition) is 4. The highest BCUT2D eigenvalue weighted by Crippen LogP contribution is 2.21. The van der Waals surface area contributed by atoms with E-state index in [1.807, 2.05) is 50.2 Å². The van der Waals surface area contributed by atoms with Crippen molar-refractivity contribution in [3.63, 3.8) is 0 Å². The number of amides is 1. The van der Waals surface area contributed by atoms with Crippen molar-refractivity contribution in [2.45, 2.75) is 26.4 Å². The van der Waals surface area contributed by atoms with Gasteiger partial charge >= 0.3 is 0 Å². The molecule has 0 bridgehead atoms. The smallest absolute Gasteiger partial charge is 0.227 e. The maximum absolute atomic E-state index is 12.5. The third-order valence-corrected chi connectivity index (χ3v) is 3.56. The van der Waals surface area contributed by atoms with E-state index in [1.54, 1.807) is 11.9 Å². The van der Waals surface area contributed by atoms with Crippen LogP contribution in [-0.4, -0.2) is 23.0 Å². The maximum atomic E-state index is 12.5. The van der Waals surface area contributed by atoms with Gasteiger partial charge < -0.3 is 15.2 Å². The second-order valence-electron chi connectivity index (χ2n) is 5.35. The highest BCUT2D eigenvalue weighted by atomic mass is 35.5. The van der Waals surface area contributed by atoms with Gasteiger partial charge in [-0.05, 0) is 12.5 Å². The van der Waals surface area contributed by atoms with Crippen LogP contribution in [-0.2, 0) is 11.3 Å². The molecule has 0 saturated carbocycles. The lowest BCUT2D eigenvalue weighted by Crippen LogP contribution is -2.36. The summed E-state index contributed by atoms with van der Waals surface area (Å²) in [6, 6.07) is 11.2. The number of rotatable bonds is 5. The molecule has 1 heterocycles. The molecule has 2 aromatic rings. The minimum Gasteiger partial charge on any atom is -0.361 e. The highest BCUT2D eigenvalue weighted by Gasteiger charge is 2.25. The Hall–Kier alpha value is -1.85. The fraction of sp³-hybridized carbons (Fsp3) is 0.375. The van der Waals surface area contributed by atoms with Gasteiger partial charge in [-0.2, -0.15) is 0 Å². The molecule has 120 valence electrons. The summed E-state index contributed by atoms with van der Waals surface area (Å²) in [7, 11) is 1.75. The molecule has 0 fully saturated rings. The van der Waals surface area contributed by atoms with Crippen LogP contribution in [0.2, 0.25) is 0 Å². The number of halogens is 1. The first kappa shape index (κ1) is 18.2. The molecule has 0 spiro atoms. The van der Waals surface area contributed by atoms with Crippen molar-refractivity contribution in [2.75, 3.05) is 7.05 Å². The minimum absolute atomic E-state index is 0. The summed E-state index contributed by atoms with van der Waals surface area (Å²) >= 11 is 0. The molecule has 2 unspecified atom stereocenters. The Balaban J connectivity index is 0.00000242. The zero-order chi connectivity index (χ0) is 15.4. The topological polar surface area (TPSA) is 72.4 Å². The molecule has 1 aromatic carbocycles. The van der Waals surface area contributed by atoms with Crippen LogP contribution < -0.4 is 5.73 Å². The van der Waals surface area contributed by atoms with E-state index in [1.165, 1.54) is 0 Å². The molecule has 0 aliphatic heterocycles. The molecule has 1 aromatic heterocycles. The molecular formula is C16H22ClN3O2. The van der Waals surface area contributed by atoms with E-state index in [-0.39, 0.29) is 30.3 Å². The number of nitrogens with two attached hydrogens (primary N) is 1. The van der Waals surface area contributed by atoms with Crippen LogP contribution in [0.1, 0.15) is 30.0 Å². The second-order valence-corrected chi connectivity index (χ2v) is 5.35. The summed E-state index contributed by atoms with van der Waals surface area (Å²) in [6.07, 6.45) is 0. The van der Waals surface area contributed by atoms with E-state index in [0.717, 1.165) is 17.0 Å². The Labute approximate surface area is 136 Å². The Morgan fingerprint density at radius 1 is 1.36 bits per heavy atom. The lowest BCUT2D eigenvalue weighted by Gasteiger charge is -2.25. The van der Waals surface area contributed by atoms with Gasteiger partial charge in [0.25, 0.3) is 0 Å². The summed E-state index contributed by atoms with van der Waals surface area (Å²) in [5.74, 6) is 0.428. The third-order valence-electron chi connectivity index (χ3n) is 3.56. The van der Waals surface area contributed by atoms with Crippen LogP contribution in [0.3, 0.4) is 0 Å². The van der Waals surface area contributed by atoms with Crippen molar-refractivity contribution in [1.29, 1.82) is 0 Å². The van der Waals surface area contributed by atoms with Gasteiger partial charge in [-0.3, -0.25) is 4.79 Å². The van der Waals surface area contributed by atoms with Gasteiger partial charge in [0, 0.05) is 19.2 Å². The summed E-state index contributed by atoms with van der Waals surface area (Å²) in [5, 5.41) is 3.90. The monoisotopic (exact) mass is 323 g/mol. The lowest BCUT2D eigenvalue weighted by molar-refractivity contribution is -0.135. The number of aromatic nitrogens is 1. The molecule has 2 rings (SSSR count). The van der Waals surface area contributed by atoms with Crippen LogP contribution in [0.25, 0.3) is 0 Å². The van der Waals surface area contributed by atoms with Crippen LogP contribution in [0, 0.1) is 12.8 Å². The largest absolute Gasteiger partial charge is 0.361 e. The van der Waals surface area contributed by atoms with Crippen LogP contribution >= 0.6 is 12.4 Å². The highest BCUT2D eigenvalue weighted by molar-refractivity contribution is 5.85. The number of carbonyl (C=O) groups is 1. The molecule has 22 heavy (non-hydrogen) atoms. The molecule has 0 radical (unpaired) electrons. The standard InChI is InChI=1S/C16H21N3O2.ClH/c1-11-9-14(18-21-11)10-19(3)16(20)12(2)15(17)13-7-5-4-6-8-13;/h4-9,12,15H,10,17H2,1-3H3;1H. The number of benzene rings is 1. The van der Waals surface area contributed by atoms with Crippen molar-refractivity contribution in [3.8, 4) is 0 Å². The average Bonchev–Trinajstić information content (AvgIpc) is 2.90. The van der Waals surface area contributed by atoms with Crippen molar-refractivity contribution in [3.05, 3.63) is 53.4 Å².